The first kappa shape index (κ1) is 13.4. The predicted octanol–water partition coefficient (Wildman–Crippen LogP) is 3.60. The van der Waals surface area contributed by atoms with Gasteiger partial charge >= 0.3 is 0 Å². The van der Waals surface area contributed by atoms with Crippen molar-refractivity contribution in [1.82, 2.24) is 4.90 Å². The van der Waals surface area contributed by atoms with Gasteiger partial charge in [-0.25, -0.2) is 0 Å². The average Bonchev–Trinajstić information content (AvgIpc) is 2.16. The van der Waals surface area contributed by atoms with Crippen molar-refractivity contribution in [3.05, 3.63) is 0 Å². The zero-order valence-corrected chi connectivity index (χ0v) is 11.4. The lowest BCUT2D eigenvalue weighted by Crippen LogP contribution is -2.40. The largest absolute Gasteiger partial charge is 0.303 e. The molecular formula is C13H27NS. The fraction of sp³-hybridized carbons (Fsp3) is 1.00. The van der Waals surface area contributed by atoms with Crippen LogP contribution in [0, 0.1) is 5.41 Å². The van der Waals surface area contributed by atoms with Crippen LogP contribution in [0.5, 0.6) is 0 Å². The van der Waals surface area contributed by atoms with Gasteiger partial charge in [0, 0.05) is 6.54 Å². The van der Waals surface area contributed by atoms with Crippen LogP contribution < -0.4 is 0 Å². The second kappa shape index (κ2) is 6.80. The van der Waals surface area contributed by atoms with Gasteiger partial charge < -0.3 is 4.90 Å². The summed E-state index contributed by atoms with van der Waals surface area (Å²) in [6, 6.07) is 0. The standard InChI is InChI=1S/C13H27NS/c1-13(2)8-7-10-14(12-13)9-5-3-4-6-11-15/h15H,3-12H2,1-2H3. The summed E-state index contributed by atoms with van der Waals surface area (Å²) in [5, 5.41) is 0. The first-order valence-electron chi connectivity index (χ1n) is 6.47. The average molecular weight is 229 g/mol. The third-order valence-corrected chi connectivity index (χ3v) is 3.68. The van der Waals surface area contributed by atoms with Gasteiger partial charge in [0.25, 0.3) is 0 Å². The third-order valence-electron chi connectivity index (χ3n) is 3.36. The fourth-order valence-corrected chi connectivity index (χ4v) is 2.76. The number of piperidine rings is 1. The van der Waals surface area contributed by atoms with Gasteiger partial charge in [0.2, 0.25) is 0 Å². The first-order valence-corrected chi connectivity index (χ1v) is 7.10. The van der Waals surface area contributed by atoms with Gasteiger partial charge in [-0.1, -0.05) is 26.7 Å². The quantitative estimate of drug-likeness (QED) is 0.538. The molecule has 0 spiro atoms. The van der Waals surface area contributed by atoms with E-state index in [2.05, 4.69) is 31.4 Å². The van der Waals surface area contributed by atoms with Crippen LogP contribution in [0.25, 0.3) is 0 Å². The van der Waals surface area contributed by atoms with E-state index in [1.165, 1.54) is 58.2 Å². The molecule has 0 N–H and O–H groups in total. The highest BCUT2D eigenvalue weighted by Crippen LogP contribution is 2.28. The Kier molecular flexibility index (Phi) is 6.06. The minimum absolute atomic E-state index is 0.559. The number of rotatable bonds is 6. The first-order chi connectivity index (χ1) is 7.14. The minimum atomic E-state index is 0.559. The normalized spacial score (nSPS) is 21.8. The van der Waals surface area contributed by atoms with Crippen LogP contribution in [-0.4, -0.2) is 30.3 Å². The van der Waals surface area contributed by atoms with Crippen LogP contribution in [0.2, 0.25) is 0 Å². The van der Waals surface area contributed by atoms with Crippen LogP contribution in [0.15, 0.2) is 0 Å². The van der Waals surface area contributed by atoms with Crippen LogP contribution in [-0.2, 0) is 0 Å². The van der Waals surface area contributed by atoms with Crippen molar-refractivity contribution in [2.75, 3.05) is 25.4 Å². The Morgan fingerprint density at radius 1 is 1.13 bits per heavy atom. The van der Waals surface area contributed by atoms with E-state index in [1.54, 1.807) is 0 Å². The molecule has 0 aromatic rings. The fourth-order valence-electron chi connectivity index (χ4n) is 2.54. The molecule has 1 fully saturated rings. The maximum Gasteiger partial charge on any atom is 0.00327 e. The number of hydrogen-bond donors (Lipinski definition) is 1. The summed E-state index contributed by atoms with van der Waals surface area (Å²) in [5.74, 6) is 1.05. The van der Waals surface area contributed by atoms with Crippen molar-refractivity contribution in [1.29, 1.82) is 0 Å². The SMILES string of the molecule is CC1(C)CCCN(CCCCCCS)C1. The van der Waals surface area contributed by atoms with Crippen LogP contribution in [0.3, 0.4) is 0 Å². The zero-order valence-electron chi connectivity index (χ0n) is 10.5. The van der Waals surface area contributed by atoms with E-state index >= 15 is 0 Å². The summed E-state index contributed by atoms with van der Waals surface area (Å²) in [6.45, 7) is 8.76. The maximum atomic E-state index is 4.24. The molecule has 0 unspecified atom stereocenters. The molecule has 0 radical (unpaired) electrons. The Morgan fingerprint density at radius 2 is 1.87 bits per heavy atom. The predicted molar refractivity (Wildman–Crippen MR) is 71.8 cm³/mol. The second-order valence-corrected chi connectivity index (χ2v) is 6.13. The lowest BCUT2D eigenvalue weighted by atomic mass is 9.84. The van der Waals surface area contributed by atoms with Crippen molar-refractivity contribution < 1.29 is 0 Å². The molecule has 0 aromatic heterocycles. The minimum Gasteiger partial charge on any atom is -0.303 e. The van der Waals surface area contributed by atoms with Crippen molar-refractivity contribution in [3.8, 4) is 0 Å². The van der Waals surface area contributed by atoms with Crippen molar-refractivity contribution >= 4 is 12.6 Å². The number of nitrogens with zero attached hydrogens (tertiary/aromatic N) is 1. The summed E-state index contributed by atoms with van der Waals surface area (Å²) in [5.41, 5.74) is 0.559. The summed E-state index contributed by atoms with van der Waals surface area (Å²) in [4.78, 5) is 2.66. The highest BCUT2D eigenvalue weighted by Gasteiger charge is 2.25. The number of unbranched alkanes of at least 4 members (excludes halogenated alkanes) is 3. The van der Waals surface area contributed by atoms with Gasteiger partial charge in [0.15, 0.2) is 0 Å². The van der Waals surface area contributed by atoms with Gasteiger partial charge in [-0.05, 0) is 49.9 Å². The molecule has 1 aliphatic rings. The third kappa shape index (κ3) is 5.82. The molecule has 0 saturated carbocycles. The molecule has 1 heterocycles. The number of likely N-dealkylation sites (tertiary alicyclic amines) is 1. The topological polar surface area (TPSA) is 3.24 Å². The smallest absolute Gasteiger partial charge is 0.00327 e. The van der Waals surface area contributed by atoms with Crippen LogP contribution in [0.1, 0.15) is 52.4 Å². The van der Waals surface area contributed by atoms with Crippen LogP contribution in [0.4, 0.5) is 0 Å². The monoisotopic (exact) mass is 229 g/mol. The van der Waals surface area contributed by atoms with Crippen LogP contribution >= 0.6 is 12.6 Å². The summed E-state index contributed by atoms with van der Waals surface area (Å²) in [6.07, 6.45) is 8.21. The molecule has 15 heavy (non-hydrogen) atoms. The molecule has 1 aliphatic heterocycles. The van der Waals surface area contributed by atoms with Crippen molar-refractivity contribution in [3.63, 3.8) is 0 Å². The van der Waals surface area contributed by atoms with E-state index in [1.807, 2.05) is 0 Å². The molecule has 1 nitrogen and oxygen atoms in total. The van der Waals surface area contributed by atoms with Gasteiger partial charge in [-0.3, -0.25) is 0 Å². The van der Waals surface area contributed by atoms with E-state index in [-0.39, 0.29) is 0 Å². The highest BCUT2D eigenvalue weighted by atomic mass is 32.1. The molecule has 90 valence electrons. The van der Waals surface area contributed by atoms with Gasteiger partial charge in [0.1, 0.15) is 0 Å². The van der Waals surface area contributed by atoms with E-state index in [4.69, 9.17) is 0 Å². The Balaban J connectivity index is 2.05. The van der Waals surface area contributed by atoms with Gasteiger partial charge in [0.05, 0.1) is 0 Å². The zero-order chi connectivity index (χ0) is 11.1. The lowest BCUT2D eigenvalue weighted by molar-refractivity contribution is 0.116. The van der Waals surface area contributed by atoms with Gasteiger partial charge in [-0.15, -0.1) is 0 Å². The summed E-state index contributed by atoms with van der Waals surface area (Å²) >= 11 is 4.24. The Bertz CT molecular complexity index is 168. The Hall–Kier alpha value is 0.310. The van der Waals surface area contributed by atoms with Crippen molar-refractivity contribution in [2.24, 2.45) is 5.41 Å². The Morgan fingerprint density at radius 3 is 2.53 bits per heavy atom. The molecular weight excluding hydrogens is 202 g/mol. The van der Waals surface area contributed by atoms with E-state index < -0.39 is 0 Å². The molecule has 0 amide bonds. The molecule has 2 heteroatoms. The van der Waals surface area contributed by atoms with E-state index in [0.717, 1.165) is 5.75 Å². The number of thiol groups is 1. The van der Waals surface area contributed by atoms with Gasteiger partial charge in [-0.2, -0.15) is 12.6 Å². The summed E-state index contributed by atoms with van der Waals surface area (Å²) in [7, 11) is 0. The molecule has 0 atom stereocenters. The molecule has 1 saturated heterocycles. The van der Waals surface area contributed by atoms with E-state index in [9.17, 15) is 0 Å². The second-order valence-electron chi connectivity index (χ2n) is 5.68. The Labute approximate surface area is 101 Å². The summed E-state index contributed by atoms with van der Waals surface area (Å²) < 4.78 is 0. The maximum absolute atomic E-state index is 4.24. The molecule has 1 rings (SSSR count). The molecule has 0 aliphatic carbocycles. The molecule has 0 aromatic carbocycles. The van der Waals surface area contributed by atoms with E-state index in [0.29, 0.717) is 5.41 Å². The van der Waals surface area contributed by atoms with Crippen molar-refractivity contribution in [2.45, 2.75) is 52.4 Å². The molecule has 0 bridgehead atoms. The number of hydrogen-bond acceptors (Lipinski definition) is 2. The highest BCUT2D eigenvalue weighted by molar-refractivity contribution is 7.80. The lowest BCUT2D eigenvalue weighted by Gasteiger charge is -2.38.